The molecule has 3 nitrogen and oxygen atoms in total. The molecule has 1 heterocycles. The van der Waals surface area contributed by atoms with Gasteiger partial charge in [-0.15, -0.1) is 0 Å². The SMILES string of the molecule is CCOc1ncc(Br)n1CC. The van der Waals surface area contributed by atoms with E-state index < -0.39 is 0 Å². The summed E-state index contributed by atoms with van der Waals surface area (Å²) in [6.45, 7) is 5.52. The van der Waals surface area contributed by atoms with Gasteiger partial charge in [0, 0.05) is 6.54 Å². The quantitative estimate of drug-likeness (QED) is 0.777. The Bertz CT molecular complexity index is 234. The third-order valence-corrected chi connectivity index (χ3v) is 1.99. The summed E-state index contributed by atoms with van der Waals surface area (Å²) < 4.78 is 8.19. The van der Waals surface area contributed by atoms with Crippen LogP contribution in [0.15, 0.2) is 10.8 Å². The molecule has 11 heavy (non-hydrogen) atoms. The second-order valence-corrected chi connectivity index (χ2v) is 2.85. The minimum atomic E-state index is 0.656. The van der Waals surface area contributed by atoms with Gasteiger partial charge < -0.3 is 4.74 Å². The van der Waals surface area contributed by atoms with Gasteiger partial charge in [0.2, 0.25) is 0 Å². The molecule has 0 saturated carbocycles. The van der Waals surface area contributed by atoms with Crippen LogP contribution in [0.4, 0.5) is 0 Å². The zero-order chi connectivity index (χ0) is 8.27. The topological polar surface area (TPSA) is 27.1 Å². The van der Waals surface area contributed by atoms with E-state index in [9.17, 15) is 0 Å². The van der Waals surface area contributed by atoms with Gasteiger partial charge >= 0.3 is 0 Å². The predicted molar refractivity (Wildman–Crippen MR) is 46.8 cm³/mol. The van der Waals surface area contributed by atoms with Crippen molar-refractivity contribution in [2.45, 2.75) is 20.4 Å². The normalized spacial score (nSPS) is 10.1. The van der Waals surface area contributed by atoms with Crippen molar-refractivity contribution in [3.8, 4) is 6.01 Å². The molecular formula is C7H11BrN2O. The van der Waals surface area contributed by atoms with Crippen LogP contribution in [0.5, 0.6) is 6.01 Å². The molecule has 0 aromatic carbocycles. The van der Waals surface area contributed by atoms with Crippen molar-refractivity contribution in [3.05, 3.63) is 10.8 Å². The summed E-state index contributed by atoms with van der Waals surface area (Å²) in [7, 11) is 0. The first-order chi connectivity index (χ1) is 5.29. The lowest BCUT2D eigenvalue weighted by Gasteiger charge is -2.04. The first kappa shape index (κ1) is 8.59. The fraction of sp³-hybridized carbons (Fsp3) is 0.571. The Kier molecular flexibility index (Phi) is 2.93. The lowest BCUT2D eigenvalue weighted by molar-refractivity contribution is 0.297. The van der Waals surface area contributed by atoms with Crippen molar-refractivity contribution >= 4 is 15.9 Å². The van der Waals surface area contributed by atoms with Gasteiger partial charge in [-0.25, -0.2) is 4.98 Å². The second-order valence-electron chi connectivity index (χ2n) is 2.04. The predicted octanol–water partition coefficient (Wildman–Crippen LogP) is 2.06. The Morgan fingerprint density at radius 1 is 1.64 bits per heavy atom. The molecule has 1 aromatic heterocycles. The maximum Gasteiger partial charge on any atom is 0.297 e. The van der Waals surface area contributed by atoms with Gasteiger partial charge in [-0.1, -0.05) is 0 Å². The highest BCUT2D eigenvalue weighted by Crippen LogP contribution is 2.17. The smallest absolute Gasteiger partial charge is 0.297 e. The number of rotatable bonds is 3. The third kappa shape index (κ3) is 1.74. The van der Waals surface area contributed by atoms with E-state index in [-0.39, 0.29) is 0 Å². The highest BCUT2D eigenvalue weighted by molar-refractivity contribution is 9.10. The van der Waals surface area contributed by atoms with E-state index >= 15 is 0 Å². The Morgan fingerprint density at radius 3 is 2.91 bits per heavy atom. The third-order valence-electron chi connectivity index (χ3n) is 1.36. The van der Waals surface area contributed by atoms with Crippen LogP contribution in [0.3, 0.4) is 0 Å². The lowest BCUT2D eigenvalue weighted by Crippen LogP contribution is -2.02. The molecule has 0 fully saturated rings. The summed E-state index contributed by atoms with van der Waals surface area (Å²) in [5, 5.41) is 0. The zero-order valence-electron chi connectivity index (χ0n) is 6.67. The zero-order valence-corrected chi connectivity index (χ0v) is 8.26. The molecular weight excluding hydrogens is 208 g/mol. The molecule has 0 aliphatic carbocycles. The van der Waals surface area contributed by atoms with Gasteiger partial charge in [0.05, 0.1) is 12.8 Å². The van der Waals surface area contributed by atoms with Crippen molar-refractivity contribution in [1.29, 1.82) is 0 Å². The second kappa shape index (κ2) is 3.76. The largest absolute Gasteiger partial charge is 0.465 e. The fourth-order valence-electron chi connectivity index (χ4n) is 0.870. The van der Waals surface area contributed by atoms with Crippen LogP contribution in [-0.4, -0.2) is 16.2 Å². The molecule has 1 rings (SSSR count). The van der Waals surface area contributed by atoms with Crippen molar-refractivity contribution in [3.63, 3.8) is 0 Å². The summed E-state index contributed by atoms with van der Waals surface area (Å²) in [6, 6.07) is 0.682. The van der Waals surface area contributed by atoms with Crippen LogP contribution in [-0.2, 0) is 6.54 Å². The lowest BCUT2D eigenvalue weighted by atomic mass is 10.7. The molecule has 0 aliphatic heterocycles. The van der Waals surface area contributed by atoms with Gasteiger partial charge in [-0.3, -0.25) is 4.57 Å². The van der Waals surface area contributed by atoms with Crippen molar-refractivity contribution in [2.24, 2.45) is 0 Å². The van der Waals surface area contributed by atoms with Crippen LogP contribution in [0.2, 0.25) is 0 Å². The Morgan fingerprint density at radius 2 is 2.36 bits per heavy atom. The molecule has 0 radical (unpaired) electrons. The number of halogens is 1. The van der Waals surface area contributed by atoms with E-state index in [1.807, 2.05) is 11.5 Å². The van der Waals surface area contributed by atoms with E-state index in [1.54, 1.807) is 6.20 Å². The molecule has 4 heteroatoms. The molecule has 0 amide bonds. The highest BCUT2D eigenvalue weighted by atomic mass is 79.9. The summed E-state index contributed by atoms with van der Waals surface area (Å²) in [5.74, 6) is 0. The van der Waals surface area contributed by atoms with E-state index in [4.69, 9.17) is 4.74 Å². The Balaban J connectivity index is 2.86. The number of ether oxygens (including phenoxy) is 1. The van der Waals surface area contributed by atoms with Crippen LogP contribution in [0.1, 0.15) is 13.8 Å². The first-order valence-corrected chi connectivity index (χ1v) is 4.42. The van der Waals surface area contributed by atoms with Crippen molar-refractivity contribution < 1.29 is 4.74 Å². The average Bonchev–Trinajstić information content (AvgIpc) is 2.33. The molecule has 62 valence electrons. The van der Waals surface area contributed by atoms with Gasteiger partial charge in [-0.2, -0.15) is 0 Å². The maximum atomic E-state index is 5.27. The number of aromatic nitrogens is 2. The van der Waals surface area contributed by atoms with E-state index in [1.165, 1.54) is 0 Å². The molecule has 0 spiro atoms. The molecule has 0 unspecified atom stereocenters. The van der Waals surface area contributed by atoms with E-state index in [0.29, 0.717) is 12.6 Å². The van der Waals surface area contributed by atoms with Gasteiger partial charge in [0.25, 0.3) is 6.01 Å². The molecule has 0 bridgehead atoms. The van der Waals surface area contributed by atoms with Crippen LogP contribution < -0.4 is 4.74 Å². The molecule has 0 N–H and O–H groups in total. The van der Waals surface area contributed by atoms with Crippen LogP contribution in [0.25, 0.3) is 0 Å². The van der Waals surface area contributed by atoms with E-state index in [2.05, 4.69) is 27.8 Å². The van der Waals surface area contributed by atoms with Gasteiger partial charge in [0.15, 0.2) is 0 Å². The molecule has 0 atom stereocenters. The maximum absolute atomic E-state index is 5.27. The molecule has 1 aromatic rings. The standard InChI is InChI=1S/C7H11BrN2O/c1-3-10-6(8)5-9-7(10)11-4-2/h5H,3-4H2,1-2H3. The Hall–Kier alpha value is -0.510. The molecule has 0 aliphatic rings. The fourth-order valence-corrected chi connectivity index (χ4v) is 1.37. The number of hydrogen-bond acceptors (Lipinski definition) is 2. The first-order valence-electron chi connectivity index (χ1n) is 3.63. The monoisotopic (exact) mass is 218 g/mol. The van der Waals surface area contributed by atoms with Gasteiger partial charge in [-0.05, 0) is 29.8 Å². The van der Waals surface area contributed by atoms with Gasteiger partial charge in [0.1, 0.15) is 4.60 Å². The van der Waals surface area contributed by atoms with Crippen LogP contribution >= 0.6 is 15.9 Å². The number of hydrogen-bond donors (Lipinski definition) is 0. The summed E-state index contributed by atoms with van der Waals surface area (Å²) in [5.41, 5.74) is 0. The summed E-state index contributed by atoms with van der Waals surface area (Å²) in [4.78, 5) is 4.07. The van der Waals surface area contributed by atoms with Crippen LogP contribution in [0, 0.1) is 0 Å². The highest BCUT2D eigenvalue weighted by Gasteiger charge is 2.05. The molecule has 0 saturated heterocycles. The number of nitrogens with zero attached hydrogens (tertiary/aromatic N) is 2. The van der Waals surface area contributed by atoms with E-state index in [0.717, 1.165) is 11.1 Å². The number of imidazole rings is 1. The Labute approximate surface area is 74.5 Å². The minimum Gasteiger partial charge on any atom is -0.465 e. The van der Waals surface area contributed by atoms with Crippen molar-refractivity contribution in [2.75, 3.05) is 6.61 Å². The summed E-state index contributed by atoms with van der Waals surface area (Å²) >= 11 is 3.37. The summed E-state index contributed by atoms with van der Waals surface area (Å²) in [6.07, 6.45) is 1.74. The minimum absolute atomic E-state index is 0.656. The van der Waals surface area contributed by atoms with Crippen molar-refractivity contribution in [1.82, 2.24) is 9.55 Å². The average molecular weight is 219 g/mol.